The third-order valence-corrected chi connectivity index (χ3v) is 3.73. The molecule has 0 radical (unpaired) electrons. The fraction of sp³-hybridized carbons (Fsp3) is 0.600. The van der Waals surface area contributed by atoms with Gasteiger partial charge in [-0.05, 0) is 41.7 Å². The number of aryl methyl sites for hydroxylation is 1. The molecule has 0 amide bonds. The monoisotopic (exact) mass is 204 g/mol. The molecule has 15 heavy (non-hydrogen) atoms. The summed E-state index contributed by atoms with van der Waals surface area (Å²) in [7, 11) is 0. The molecule has 0 unspecified atom stereocenters. The van der Waals surface area contributed by atoms with Gasteiger partial charge in [-0.2, -0.15) is 0 Å². The molecule has 0 N–H and O–H groups in total. The quantitative estimate of drug-likeness (QED) is 0.589. The Bertz CT molecular complexity index is 470. The molecule has 0 saturated carbocycles. The van der Waals surface area contributed by atoms with E-state index in [9.17, 15) is 0 Å². The van der Waals surface area contributed by atoms with E-state index in [1.807, 2.05) is 13.0 Å². The van der Waals surface area contributed by atoms with Gasteiger partial charge in [0, 0.05) is 0 Å². The summed E-state index contributed by atoms with van der Waals surface area (Å²) in [5.41, 5.74) is 3.21. The van der Waals surface area contributed by atoms with Crippen molar-refractivity contribution < 1.29 is 2.74 Å². The third kappa shape index (κ3) is 1.71. The number of rotatable bonds is 0. The van der Waals surface area contributed by atoms with Crippen molar-refractivity contribution in [1.29, 1.82) is 0 Å². The fourth-order valence-electron chi connectivity index (χ4n) is 2.46. The van der Waals surface area contributed by atoms with Gasteiger partial charge in [0.25, 0.3) is 0 Å². The Morgan fingerprint density at radius 2 is 1.60 bits per heavy atom. The van der Waals surface area contributed by atoms with Crippen LogP contribution in [-0.4, -0.2) is 0 Å². The molecule has 1 aromatic rings. The van der Waals surface area contributed by atoms with Crippen LogP contribution in [0.15, 0.2) is 18.2 Å². The molecule has 0 fully saturated rings. The highest BCUT2D eigenvalue weighted by molar-refractivity contribution is 5.43. The maximum absolute atomic E-state index is 8.32. The van der Waals surface area contributed by atoms with Crippen LogP contribution in [0.4, 0.5) is 0 Å². The number of benzene rings is 1. The first-order valence-corrected chi connectivity index (χ1v) is 5.78. The Balaban J connectivity index is 2.85. The summed E-state index contributed by atoms with van der Waals surface area (Å²) < 4.78 is 16.6. The van der Waals surface area contributed by atoms with E-state index in [4.69, 9.17) is 2.74 Å². The molecule has 1 aliphatic carbocycles. The van der Waals surface area contributed by atoms with Gasteiger partial charge in [0.05, 0.1) is 2.74 Å². The predicted octanol–water partition coefficient (Wildman–Crippen LogP) is 4.34. The molecule has 0 nitrogen and oxygen atoms in total. The van der Waals surface area contributed by atoms with Gasteiger partial charge in [0.15, 0.2) is 0 Å². The molecule has 0 atom stereocenters. The van der Waals surface area contributed by atoms with E-state index in [2.05, 4.69) is 27.7 Å². The van der Waals surface area contributed by atoms with E-state index in [0.29, 0.717) is 12.1 Å². The van der Waals surface area contributed by atoms with E-state index < -0.39 is 0 Å². The van der Waals surface area contributed by atoms with E-state index in [0.717, 1.165) is 29.5 Å². The largest absolute Gasteiger partial charge is 0.0629 e. The fourth-order valence-corrected chi connectivity index (χ4v) is 2.46. The van der Waals surface area contributed by atoms with Gasteiger partial charge < -0.3 is 0 Å². The maximum atomic E-state index is 8.32. The van der Waals surface area contributed by atoms with Crippen LogP contribution in [0.2, 0.25) is 0 Å². The number of hydrogen-bond acceptors (Lipinski definition) is 0. The second-order valence-corrected chi connectivity index (χ2v) is 6.11. The Labute approximate surface area is 96.5 Å². The van der Waals surface area contributed by atoms with Crippen molar-refractivity contribution in [3.8, 4) is 0 Å². The van der Waals surface area contributed by atoms with Crippen molar-refractivity contribution in [3.63, 3.8) is 0 Å². The zero-order chi connectivity index (χ0) is 13.0. The van der Waals surface area contributed by atoms with E-state index >= 15 is 0 Å². The average Bonchev–Trinajstić information content (AvgIpc) is 2.18. The van der Waals surface area contributed by atoms with Crippen LogP contribution < -0.4 is 0 Å². The first-order chi connectivity index (χ1) is 7.67. The first-order valence-electron chi connectivity index (χ1n) is 6.78. The molecule has 82 valence electrons. The van der Waals surface area contributed by atoms with Crippen molar-refractivity contribution in [3.05, 3.63) is 34.8 Å². The van der Waals surface area contributed by atoms with E-state index in [1.54, 1.807) is 0 Å². The lowest BCUT2D eigenvalue weighted by atomic mass is 9.63. The minimum atomic E-state index is 0.0315. The second kappa shape index (κ2) is 3.10. The average molecular weight is 204 g/mol. The van der Waals surface area contributed by atoms with E-state index in [-0.39, 0.29) is 10.8 Å². The molecule has 0 saturated heterocycles. The Hall–Kier alpha value is -0.780. The molecule has 1 aromatic carbocycles. The van der Waals surface area contributed by atoms with Gasteiger partial charge >= 0.3 is 0 Å². The second-order valence-electron chi connectivity index (χ2n) is 6.11. The highest BCUT2D eigenvalue weighted by Gasteiger charge is 2.36. The Morgan fingerprint density at radius 1 is 1.07 bits per heavy atom. The van der Waals surface area contributed by atoms with E-state index in [1.165, 1.54) is 0 Å². The summed E-state index contributed by atoms with van der Waals surface area (Å²) in [6.45, 7) is 10.8. The lowest BCUT2D eigenvalue weighted by Crippen LogP contribution is -2.33. The van der Waals surface area contributed by atoms with Gasteiger partial charge in [-0.3, -0.25) is 0 Å². The van der Waals surface area contributed by atoms with Gasteiger partial charge in [-0.1, -0.05) is 51.4 Å². The number of hydrogen-bond donors (Lipinski definition) is 0. The van der Waals surface area contributed by atoms with Crippen LogP contribution in [0.1, 0.15) is 60.0 Å². The van der Waals surface area contributed by atoms with Crippen LogP contribution in [-0.2, 0) is 10.8 Å². The normalized spacial score (nSPS) is 24.1. The van der Waals surface area contributed by atoms with Crippen LogP contribution in [0, 0.1) is 6.92 Å². The highest BCUT2D eigenvalue weighted by Crippen LogP contribution is 2.45. The minimum absolute atomic E-state index is 0.0315. The summed E-state index contributed by atoms with van der Waals surface area (Å²) >= 11 is 0. The summed E-state index contributed by atoms with van der Waals surface area (Å²) in [4.78, 5) is 0. The molecule has 0 heterocycles. The Kier molecular flexibility index (Phi) is 1.73. The molecule has 0 aromatic heterocycles. The van der Waals surface area contributed by atoms with Crippen molar-refractivity contribution >= 4 is 0 Å². The third-order valence-electron chi connectivity index (χ3n) is 3.73. The summed E-state index contributed by atoms with van der Waals surface area (Å²) in [6.07, 6.45) is 2.20. The predicted molar refractivity (Wildman–Crippen MR) is 66.5 cm³/mol. The van der Waals surface area contributed by atoms with Crippen molar-refractivity contribution in [1.82, 2.24) is 0 Å². The molecule has 0 aliphatic heterocycles. The molecular weight excluding hydrogens is 180 g/mol. The summed E-state index contributed by atoms with van der Waals surface area (Å²) in [5, 5.41) is 0. The van der Waals surface area contributed by atoms with Crippen LogP contribution in [0.3, 0.4) is 0 Å². The smallest absolute Gasteiger partial charge is 0.0590 e. The lowest BCUT2D eigenvalue weighted by molar-refractivity contribution is 0.331. The van der Waals surface area contributed by atoms with Crippen molar-refractivity contribution in [2.45, 2.75) is 58.3 Å². The molecule has 0 bridgehead atoms. The van der Waals surface area contributed by atoms with Gasteiger partial charge in [0.2, 0.25) is 0 Å². The summed E-state index contributed by atoms with van der Waals surface area (Å²) in [6, 6.07) is 3.12. The number of fused-ring (bicyclic) bond motifs is 1. The lowest BCUT2D eigenvalue weighted by Gasteiger charge is -2.42. The molecule has 0 heteroatoms. The van der Waals surface area contributed by atoms with Gasteiger partial charge in [0.1, 0.15) is 0 Å². The SMILES string of the molecule is [2H]c1cc(C)c([2H])c2c1C(C)(C)CCC2(C)C. The van der Waals surface area contributed by atoms with Crippen LogP contribution >= 0.6 is 0 Å². The molecule has 1 aliphatic rings. The zero-order valence-electron chi connectivity index (χ0n) is 12.5. The highest BCUT2D eigenvalue weighted by atomic mass is 14.4. The standard InChI is InChI=1S/C15H22/c1-11-6-7-12-13(10-11)15(4,5)9-8-14(12,2)3/h6-7,10H,8-9H2,1-5H3/i7D,10D. The van der Waals surface area contributed by atoms with Crippen LogP contribution in [0.5, 0.6) is 0 Å². The van der Waals surface area contributed by atoms with Crippen LogP contribution in [0.25, 0.3) is 0 Å². The molecule has 2 rings (SSSR count). The Morgan fingerprint density at radius 3 is 2.20 bits per heavy atom. The topological polar surface area (TPSA) is 0 Å². The zero-order valence-corrected chi connectivity index (χ0v) is 10.5. The minimum Gasteiger partial charge on any atom is -0.0590 e. The maximum Gasteiger partial charge on any atom is 0.0629 e. The first kappa shape index (κ1) is 8.38. The van der Waals surface area contributed by atoms with Gasteiger partial charge in [-0.15, -0.1) is 0 Å². The van der Waals surface area contributed by atoms with Crippen molar-refractivity contribution in [2.24, 2.45) is 0 Å². The van der Waals surface area contributed by atoms with Gasteiger partial charge in [-0.25, -0.2) is 0 Å². The van der Waals surface area contributed by atoms with Crippen molar-refractivity contribution in [2.75, 3.05) is 0 Å². The molecule has 0 spiro atoms. The summed E-state index contributed by atoms with van der Waals surface area (Å²) in [5.74, 6) is 0. The molecular formula is C15H22.